The Bertz CT molecular complexity index is 301. The number of aryl methyl sites for hydroxylation is 1. The Balaban J connectivity index is 2.62. The predicted molar refractivity (Wildman–Crippen MR) is 60.0 cm³/mol. The summed E-state index contributed by atoms with van der Waals surface area (Å²) in [7, 11) is 3.37. The fourth-order valence-electron chi connectivity index (χ4n) is 1.52. The van der Waals surface area contributed by atoms with Gasteiger partial charge in [0.15, 0.2) is 0 Å². The Morgan fingerprint density at radius 2 is 1.81 bits per heavy atom. The second-order valence-corrected chi connectivity index (χ2v) is 3.48. The molecule has 0 bridgehead atoms. The van der Waals surface area contributed by atoms with Crippen molar-refractivity contribution in [2.24, 2.45) is 5.73 Å². The first-order chi connectivity index (χ1) is 7.83. The van der Waals surface area contributed by atoms with Gasteiger partial charge in [0.1, 0.15) is 11.6 Å². The summed E-state index contributed by atoms with van der Waals surface area (Å²) in [4.78, 5) is 0. The van der Waals surface area contributed by atoms with Crippen LogP contribution in [-0.2, 0) is 29.0 Å². The van der Waals surface area contributed by atoms with E-state index >= 15 is 0 Å². The molecule has 0 amide bonds. The first kappa shape index (κ1) is 13.1. The highest BCUT2D eigenvalue weighted by Gasteiger charge is 2.09. The van der Waals surface area contributed by atoms with Crippen molar-refractivity contribution in [3.05, 3.63) is 11.6 Å². The van der Waals surface area contributed by atoms with Gasteiger partial charge < -0.3 is 19.8 Å². The van der Waals surface area contributed by atoms with Crippen LogP contribution in [-0.4, -0.2) is 42.2 Å². The molecule has 1 aromatic rings. The molecule has 92 valence electrons. The van der Waals surface area contributed by atoms with E-state index in [2.05, 4.69) is 10.2 Å². The van der Waals surface area contributed by atoms with Crippen LogP contribution in [0.4, 0.5) is 0 Å². The van der Waals surface area contributed by atoms with Gasteiger partial charge in [-0.05, 0) is 6.42 Å². The zero-order valence-electron chi connectivity index (χ0n) is 9.98. The summed E-state index contributed by atoms with van der Waals surface area (Å²) < 4.78 is 12.1. The lowest BCUT2D eigenvalue weighted by molar-refractivity contribution is 0.183. The fourth-order valence-corrected chi connectivity index (χ4v) is 1.52. The van der Waals surface area contributed by atoms with Crippen molar-refractivity contribution >= 4 is 0 Å². The molecule has 0 radical (unpaired) electrons. The summed E-state index contributed by atoms with van der Waals surface area (Å²) in [6.07, 6.45) is 1.79. The lowest BCUT2D eigenvalue weighted by atomic mass is 10.3. The van der Waals surface area contributed by atoms with Crippen molar-refractivity contribution in [2.45, 2.75) is 25.9 Å². The molecule has 0 unspecified atom stereocenters. The molecular formula is C10H20N4O2. The van der Waals surface area contributed by atoms with Gasteiger partial charge >= 0.3 is 0 Å². The highest BCUT2D eigenvalue weighted by atomic mass is 16.5. The number of aromatic nitrogens is 3. The van der Waals surface area contributed by atoms with Gasteiger partial charge in [-0.15, -0.1) is 10.2 Å². The van der Waals surface area contributed by atoms with Crippen LogP contribution >= 0.6 is 0 Å². The Labute approximate surface area is 95.7 Å². The van der Waals surface area contributed by atoms with Crippen LogP contribution in [0, 0.1) is 0 Å². The first-order valence-corrected chi connectivity index (χ1v) is 5.42. The van der Waals surface area contributed by atoms with E-state index in [1.165, 1.54) is 0 Å². The minimum absolute atomic E-state index is 0.404. The van der Waals surface area contributed by atoms with E-state index in [-0.39, 0.29) is 0 Å². The first-order valence-electron chi connectivity index (χ1n) is 5.42. The predicted octanol–water partition coefficient (Wildman–Crippen LogP) is -0.0378. The van der Waals surface area contributed by atoms with Crippen molar-refractivity contribution in [3.8, 4) is 0 Å². The molecule has 0 fully saturated rings. The summed E-state index contributed by atoms with van der Waals surface area (Å²) in [5, 5.41) is 8.19. The highest BCUT2D eigenvalue weighted by Crippen LogP contribution is 2.04. The maximum absolute atomic E-state index is 5.60. The van der Waals surface area contributed by atoms with E-state index in [4.69, 9.17) is 15.2 Å². The summed E-state index contributed by atoms with van der Waals surface area (Å²) in [5.74, 6) is 1.76. The molecule has 6 heteroatoms. The molecule has 0 spiro atoms. The Morgan fingerprint density at radius 1 is 1.12 bits per heavy atom. The molecule has 6 nitrogen and oxygen atoms in total. The van der Waals surface area contributed by atoms with Crippen molar-refractivity contribution in [1.29, 1.82) is 0 Å². The molecule has 0 aromatic carbocycles. The molecule has 1 aromatic heterocycles. The van der Waals surface area contributed by atoms with Crippen LogP contribution in [0.25, 0.3) is 0 Å². The highest BCUT2D eigenvalue weighted by molar-refractivity contribution is 4.96. The standard InChI is InChI=1S/C10H20N4O2/c1-15-6-3-4-9-12-13-10(8-11)14(9)5-7-16-2/h3-8,11H2,1-2H3. The largest absolute Gasteiger partial charge is 0.385 e. The van der Waals surface area contributed by atoms with E-state index < -0.39 is 0 Å². The molecule has 0 atom stereocenters. The molecule has 1 heterocycles. The van der Waals surface area contributed by atoms with Crippen LogP contribution < -0.4 is 5.73 Å². The molecule has 0 aliphatic rings. The minimum atomic E-state index is 0.404. The van der Waals surface area contributed by atoms with Crippen molar-refractivity contribution in [2.75, 3.05) is 27.4 Å². The number of hydrogen-bond donors (Lipinski definition) is 1. The third-order valence-electron chi connectivity index (χ3n) is 2.35. The average molecular weight is 228 g/mol. The van der Waals surface area contributed by atoms with E-state index in [0.29, 0.717) is 13.2 Å². The number of methoxy groups -OCH3 is 2. The van der Waals surface area contributed by atoms with Gasteiger partial charge in [0, 0.05) is 33.8 Å². The van der Waals surface area contributed by atoms with Gasteiger partial charge in [0.2, 0.25) is 0 Å². The van der Waals surface area contributed by atoms with Crippen molar-refractivity contribution in [1.82, 2.24) is 14.8 Å². The number of ether oxygens (including phenoxy) is 2. The lowest BCUT2D eigenvalue weighted by Crippen LogP contribution is -2.14. The Hall–Kier alpha value is -0.980. The number of hydrogen-bond acceptors (Lipinski definition) is 5. The molecule has 0 saturated heterocycles. The lowest BCUT2D eigenvalue weighted by Gasteiger charge is -2.08. The fraction of sp³-hybridized carbons (Fsp3) is 0.800. The van der Waals surface area contributed by atoms with E-state index in [9.17, 15) is 0 Å². The maximum Gasteiger partial charge on any atom is 0.146 e. The molecular weight excluding hydrogens is 208 g/mol. The average Bonchev–Trinajstić information content (AvgIpc) is 2.69. The van der Waals surface area contributed by atoms with Gasteiger partial charge in [0.05, 0.1) is 13.2 Å². The van der Waals surface area contributed by atoms with Crippen LogP contribution in [0.15, 0.2) is 0 Å². The third kappa shape index (κ3) is 3.55. The number of nitrogens with zero attached hydrogens (tertiary/aromatic N) is 3. The summed E-state index contributed by atoms with van der Waals surface area (Å²) in [6.45, 7) is 2.52. The minimum Gasteiger partial charge on any atom is -0.385 e. The quantitative estimate of drug-likeness (QED) is 0.632. The molecule has 1 rings (SSSR count). The Kier molecular flexibility index (Phi) is 5.99. The van der Waals surface area contributed by atoms with E-state index in [1.54, 1.807) is 14.2 Å². The van der Waals surface area contributed by atoms with Crippen LogP contribution in [0.2, 0.25) is 0 Å². The van der Waals surface area contributed by atoms with Gasteiger partial charge in [0.25, 0.3) is 0 Å². The van der Waals surface area contributed by atoms with Crippen molar-refractivity contribution in [3.63, 3.8) is 0 Å². The van der Waals surface area contributed by atoms with E-state index in [1.807, 2.05) is 4.57 Å². The molecule has 0 aliphatic heterocycles. The second-order valence-electron chi connectivity index (χ2n) is 3.48. The van der Waals surface area contributed by atoms with E-state index in [0.717, 1.165) is 37.6 Å². The Morgan fingerprint density at radius 3 is 2.44 bits per heavy atom. The van der Waals surface area contributed by atoms with Crippen LogP contribution in [0.3, 0.4) is 0 Å². The summed E-state index contributed by atoms with van der Waals surface area (Å²) in [5.41, 5.74) is 5.60. The summed E-state index contributed by atoms with van der Waals surface area (Å²) >= 11 is 0. The molecule has 0 saturated carbocycles. The van der Waals surface area contributed by atoms with Gasteiger partial charge in [-0.2, -0.15) is 0 Å². The van der Waals surface area contributed by atoms with Crippen molar-refractivity contribution < 1.29 is 9.47 Å². The van der Waals surface area contributed by atoms with Gasteiger partial charge in [-0.3, -0.25) is 0 Å². The normalized spacial score (nSPS) is 10.9. The number of nitrogens with two attached hydrogens (primary N) is 1. The van der Waals surface area contributed by atoms with Gasteiger partial charge in [-0.25, -0.2) is 0 Å². The van der Waals surface area contributed by atoms with Gasteiger partial charge in [-0.1, -0.05) is 0 Å². The zero-order valence-corrected chi connectivity index (χ0v) is 9.98. The maximum atomic E-state index is 5.60. The topological polar surface area (TPSA) is 75.2 Å². The van der Waals surface area contributed by atoms with Crippen LogP contribution in [0.5, 0.6) is 0 Å². The summed E-state index contributed by atoms with van der Waals surface area (Å²) in [6, 6.07) is 0. The number of rotatable bonds is 8. The smallest absolute Gasteiger partial charge is 0.146 e. The van der Waals surface area contributed by atoms with Crippen LogP contribution in [0.1, 0.15) is 18.1 Å². The second kappa shape index (κ2) is 7.32. The monoisotopic (exact) mass is 228 g/mol. The molecule has 16 heavy (non-hydrogen) atoms. The zero-order chi connectivity index (χ0) is 11.8. The molecule has 0 aliphatic carbocycles. The SMILES string of the molecule is COCCCc1nnc(CN)n1CCOC. The third-order valence-corrected chi connectivity index (χ3v) is 2.35. The molecule has 2 N–H and O–H groups in total.